The highest BCUT2D eigenvalue weighted by molar-refractivity contribution is 5.89. The first kappa shape index (κ1) is 16.4. The van der Waals surface area contributed by atoms with E-state index in [-0.39, 0.29) is 11.8 Å². The van der Waals surface area contributed by atoms with Crippen LogP contribution in [0.15, 0.2) is 30.3 Å². The van der Waals surface area contributed by atoms with Gasteiger partial charge in [-0.1, -0.05) is 30.3 Å². The summed E-state index contributed by atoms with van der Waals surface area (Å²) in [5.74, 6) is -0.984. The molecule has 0 radical (unpaired) electrons. The third kappa shape index (κ3) is 3.82. The Kier molecular flexibility index (Phi) is 5.48. The number of aliphatic hydroxyl groups is 1. The smallest absolute Gasteiger partial charge is 0.268 e. The minimum Gasteiger partial charge on any atom is -0.391 e. The normalized spacial score (nSPS) is 23.6. The molecule has 0 aromatic heterocycles. The van der Waals surface area contributed by atoms with Crippen LogP contribution in [-0.4, -0.2) is 46.9 Å². The van der Waals surface area contributed by atoms with E-state index in [0.29, 0.717) is 13.0 Å². The maximum Gasteiger partial charge on any atom is 0.268 e. The van der Waals surface area contributed by atoms with Gasteiger partial charge < -0.3 is 15.7 Å². The summed E-state index contributed by atoms with van der Waals surface area (Å²) in [5, 5.41) is 23.7. The summed E-state index contributed by atoms with van der Waals surface area (Å²) in [6, 6.07) is 8.27. The lowest BCUT2D eigenvalue weighted by Crippen LogP contribution is -2.55. The van der Waals surface area contributed by atoms with Crippen LogP contribution in [0.3, 0.4) is 0 Å². The number of nitrogens with one attached hydrogen (secondary N) is 3. The Morgan fingerprint density at radius 1 is 1.32 bits per heavy atom. The van der Waals surface area contributed by atoms with E-state index < -0.39 is 24.1 Å². The quantitative estimate of drug-likeness (QED) is 0.372. The molecule has 2 amide bonds. The Morgan fingerprint density at radius 2 is 2.00 bits per heavy atom. The molecule has 1 heterocycles. The first-order valence-electron chi connectivity index (χ1n) is 7.23. The van der Waals surface area contributed by atoms with E-state index in [4.69, 9.17) is 5.21 Å². The molecule has 0 aliphatic carbocycles. The highest BCUT2D eigenvalue weighted by atomic mass is 16.5. The number of aliphatic hydroxyl groups excluding tert-OH is 1. The van der Waals surface area contributed by atoms with Gasteiger partial charge in [0.2, 0.25) is 5.91 Å². The molecule has 120 valence electrons. The molecule has 1 aliphatic heterocycles. The van der Waals surface area contributed by atoms with E-state index in [1.807, 2.05) is 30.3 Å². The van der Waals surface area contributed by atoms with Gasteiger partial charge in [0.25, 0.3) is 5.91 Å². The van der Waals surface area contributed by atoms with Crippen molar-refractivity contribution in [1.29, 1.82) is 0 Å². The lowest BCUT2D eigenvalue weighted by Gasteiger charge is -2.21. The zero-order chi connectivity index (χ0) is 16.1. The fraction of sp³-hybridized carbons (Fsp3) is 0.467. The van der Waals surface area contributed by atoms with Gasteiger partial charge in [0.15, 0.2) is 0 Å². The SMILES string of the molecule is C[C@@H](O)[C@H](NC(=O)[C@@H]1C[C@@H](c2ccccc2)CN1)C(=O)NO. The van der Waals surface area contributed by atoms with Gasteiger partial charge in [0.1, 0.15) is 6.04 Å². The van der Waals surface area contributed by atoms with Crippen molar-refractivity contribution >= 4 is 11.8 Å². The molecule has 2 rings (SSSR count). The third-order valence-electron chi connectivity index (χ3n) is 3.89. The van der Waals surface area contributed by atoms with Crippen LogP contribution in [0.2, 0.25) is 0 Å². The molecule has 0 unspecified atom stereocenters. The summed E-state index contributed by atoms with van der Waals surface area (Å²) < 4.78 is 0. The molecule has 5 N–H and O–H groups in total. The standard InChI is InChI=1S/C15H21N3O4/c1-9(19)13(15(21)18-22)17-14(20)12-7-11(8-16-12)10-5-3-2-4-6-10/h2-6,9,11-13,16,19,22H,7-8H2,1H3,(H,17,20)(H,18,21)/t9-,11-,12+,13+/m1/s1. The minimum atomic E-state index is -1.19. The molecule has 7 heteroatoms. The predicted molar refractivity (Wildman–Crippen MR) is 79.1 cm³/mol. The van der Waals surface area contributed by atoms with Gasteiger partial charge >= 0.3 is 0 Å². The zero-order valence-corrected chi connectivity index (χ0v) is 12.3. The van der Waals surface area contributed by atoms with Gasteiger partial charge in [-0.3, -0.25) is 14.8 Å². The number of carbonyl (C=O) groups is 2. The Hall–Kier alpha value is -1.96. The van der Waals surface area contributed by atoms with E-state index in [0.717, 1.165) is 5.56 Å². The summed E-state index contributed by atoms with van der Waals surface area (Å²) in [5.41, 5.74) is 2.60. The number of amides is 2. The lowest BCUT2D eigenvalue weighted by atomic mass is 9.96. The number of benzene rings is 1. The van der Waals surface area contributed by atoms with Crippen molar-refractivity contribution < 1.29 is 19.9 Å². The van der Waals surface area contributed by atoms with Crippen LogP contribution < -0.4 is 16.1 Å². The molecule has 0 spiro atoms. The largest absolute Gasteiger partial charge is 0.391 e. The Bertz CT molecular complexity index is 521. The van der Waals surface area contributed by atoms with Crippen molar-refractivity contribution in [2.75, 3.05) is 6.54 Å². The van der Waals surface area contributed by atoms with Crippen molar-refractivity contribution in [3.8, 4) is 0 Å². The van der Waals surface area contributed by atoms with Crippen LogP contribution >= 0.6 is 0 Å². The molecule has 7 nitrogen and oxygen atoms in total. The van der Waals surface area contributed by atoms with Crippen molar-refractivity contribution in [1.82, 2.24) is 16.1 Å². The average molecular weight is 307 g/mol. The molecule has 1 aliphatic rings. The van der Waals surface area contributed by atoms with Gasteiger partial charge in [0, 0.05) is 6.54 Å². The highest BCUT2D eigenvalue weighted by Crippen LogP contribution is 2.25. The van der Waals surface area contributed by atoms with Gasteiger partial charge in [-0.05, 0) is 24.8 Å². The molecular formula is C15H21N3O4. The Morgan fingerprint density at radius 3 is 2.59 bits per heavy atom. The summed E-state index contributed by atoms with van der Waals surface area (Å²) in [6.07, 6.45) is -0.495. The second kappa shape index (κ2) is 7.35. The molecule has 1 aromatic carbocycles. The molecule has 0 bridgehead atoms. The van der Waals surface area contributed by atoms with Crippen LogP contribution in [-0.2, 0) is 9.59 Å². The van der Waals surface area contributed by atoms with Crippen LogP contribution in [0.4, 0.5) is 0 Å². The summed E-state index contributed by atoms with van der Waals surface area (Å²) in [4.78, 5) is 23.6. The number of rotatable bonds is 5. The maximum atomic E-state index is 12.2. The summed E-state index contributed by atoms with van der Waals surface area (Å²) in [6.45, 7) is 2.04. The van der Waals surface area contributed by atoms with Crippen LogP contribution in [0, 0.1) is 0 Å². The fourth-order valence-corrected chi connectivity index (χ4v) is 2.64. The second-order valence-electron chi connectivity index (χ2n) is 5.51. The van der Waals surface area contributed by atoms with E-state index >= 15 is 0 Å². The van der Waals surface area contributed by atoms with Crippen LogP contribution in [0.1, 0.15) is 24.8 Å². The van der Waals surface area contributed by atoms with Crippen molar-refractivity contribution in [3.05, 3.63) is 35.9 Å². The maximum absolute atomic E-state index is 12.2. The Labute approximate surface area is 128 Å². The minimum absolute atomic E-state index is 0.230. The molecule has 1 aromatic rings. The third-order valence-corrected chi connectivity index (χ3v) is 3.89. The highest BCUT2D eigenvalue weighted by Gasteiger charge is 2.33. The fourth-order valence-electron chi connectivity index (χ4n) is 2.64. The number of carbonyl (C=O) groups excluding carboxylic acids is 2. The van der Waals surface area contributed by atoms with Gasteiger partial charge in [-0.2, -0.15) is 0 Å². The van der Waals surface area contributed by atoms with Crippen LogP contribution in [0.5, 0.6) is 0 Å². The van der Waals surface area contributed by atoms with Gasteiger partial charge in [0.05, 0.1) is 12.1 Å². The first-order chi connectivity index (χ1) is 10.5. The van der Waals surface area contributed by atoms with E-state index in [9.17, 15) is 14.7 Å². The topological polar surface area (TPSA) is 111 Å². The van der Waals surface area contributed by atoms with Crippen LogP contribution in [0.25, 0.3) is 0 Å². The van der Waals surface area contributed by atoms with Gasteiger partial charge in [-0.25, -0.2) is 5.48 Å². The summed E-state index contributed by atoms with van der Waals surface area (Å²) >= 11 is 0. The van der Waals surface area contributed by atoms with E-state index in [1.165, 1.54) is 12.4 Å². The van der Waals surface area contributed by atoms with Crippen molar-refractivity contribution in [3.63, 3.8) is 0 Å². The number of hydrogen-bond acceptors (Lipinski definition) is 5. The zero-order valence-electron chi connectivity index (χ0n) is 12.3. The van der Waals surface area contributed by atoms with Gasteiger partial charge in [-0.15, -0.1) is 0 Å². The predicted octanol–water partition coefficient (Wildman–Crippen LogP) is -0.497. The molecule has 0 saturated carbocycles. The first-order valence-corrected chi connectivity index (χ1v) is 7.23. The lowest BCUT2D eigenvalue weighted by molar-refractivity contribution is -0.138. The van der Waals surface area contributed by atoms with E-state index in [2.05, 4.69) is 10.6 Å². The number of hydroxylamine groups is 1. The van der Waals surface area contributed by atoms with Crippen molar-refractivity contribution in [2.45, 2.75) is 37.5 Å². The monoisotopic (exact) mass is 307 g/mol. The average Bonchev–Trinajstić information content (AvgIpc) is 3.02. The van der Waals surface area contributed by atoms with E-state index in [1.54, 1.807) is 0 Å². The number of hydrogen-bond donors (Lipinski definition) is 5. The molecule has 4 atom stereocenters. The van der Waals surface area contributed by atoms with Crippen molar-refractivity contribution in [2.24, 2.45) is 0 Å². The molecule has 22 heavy (non-hydrogen) atoms. The molecule has 1 saturated heterocycles. The second-order valence-corrected chi connectivity index (χ2v) is 5.51. The summed E-state index contributed by atoms with van der Waals surface area (Å²) in [7, 11) is 0. The molecule has 1 fully saturated rings. The molecular weight excluding hydrogens is 286 g/mol. The Balaban J connectivity index is 1.95.